The van der Waals surface area contributed by atoms with E-state index in [9.17, 15) is 13.2 Å². The van der Waals surface area contributed by atoms with Gasteiger partial charge in [0.2, 0.25) is 0 Å². The minimum atomic E-state index is -3.43. The van der Waals surface area contributed by atoms with Crippen LogP contribution in [0.25, 0.3) is 0 Å². The van der Waals surface area contributed by atoms with Gasteiger partial charge in [0.15, 0.2) is 0 Å². The zero-order valence-corrected chi connectivity index (χ0v) is 14.3. The standard InChI is InChI=1S/C15H21NO6S/c1-20-14-10-11(15(17)21-2)4-5-13(14)16-8-6-12(7-9-16)22-23(3,18)19/h4-5,10,12H,6-9H2,1-3H3. The third-order valence-electron chi connectivity index (χ3n) is 3.69. The number of rotatable bonds is 5. The molecule has 7 nitrogen and oxygen atoms in total. The molecular formula is C15H21NO6S. The Bertz CT molecular complexity index is 665. The molecule has 1 saturated heterocycles. The number of methoxy groups -OCH3 is 2. The quantitative estimate of drug-likeness (QED) is 0.591. The lowest BCUT2D eigenvalue weighted by Gasteiger charge is -2.33. The van der Waals surface area contributed by atoms with Crippen LogP contribution < -0.4 is 9.64 Å². The molecule has 2 rings (SSSR count). The summed E-state index contributed by atoms with van der Waals surface area (Å²) in [5.41, 5.74) is 1.28. The number of carbonyl (C=O) groups is 1. The predicted molar refractivity (Wildman–Crippen MR) is 85.5 cm³/mol. The number of benzene rings is 1. The molecule has 0 unspecified atom stereocenters. The van der Waals surface area contributed by atoms with Crippen molar-refractivity contribution in [2.75, 3.05) is 38.5 Å². The molecule has 1 fully saturated rings. The minimum Gasteiger partial charge on any atom is -0.495 e. The Balaban J connectivity index is 2.10. The molecule has 23 heavy (non-hydrogen) atoms. The van der Waals surface area contributed by atoms with Gasteiger partial charge in [0.05, 0.1) is 37.8 Å². The van der Waals surface area contributed by atoms with Gasteiger partial charge in [-0.3, -0.25) is 4.18 Å². The van der Waals surface area contributed by atoms with Crippen LogP contribution in [0.1, 0.15) is 23.2 Å². The molecule has 0 saturated carbocycles. The van der Waals surface area contributed by atoms with E-state index in [1.54, 1.807) is 19.2 Å². The maximum Gasteiger partial charge on any atom is 0.337 e. The summed E-state index contributed by atoms with van der Waals surface area (Å²) in [6.45, 7) is 1.29. The van der Waals surface area contributed by atoms with Crippen LogP contribution in [0.15, 0.2) is 18.2 Å². The zero-order chi connectivity index (χ0) is 17.0. The molecule has 0 bridgehead atoms. The molecule has 0 aliphatic carbocycles. The summed E-state index contributed by atoms with van der Waals surface area (Å²) in [5, 5.41) is 0. The molecule has 8 heteroatoms. The Hall–Kier alpha value is -1.80. The lowest BCUT2D eigenvalue weighted by Crippen LogP contribution is -2.38. The molecule has 0 atom stereocenters. The largest absolute Gasteiger partial charge is 0.495 e. The van der Waals surface area contributed by atoms with Crippen LogP contribution in [0.5, 0.6) is 5.75 Å². The van der Waals surface area contributed by atoms with Gasteiger partial charge in [0.25, 0.3) is 10.1 Å². The second-order valence-corrected chi connectivity index (χ2v) is 6.97. The molecule has 0 N–H and O–H groups in total. The summed E-state index contributed by atoms with van der Waals surface area (Å²) in [4.78, 5) is 13.7. The van der Waals surface area contributed by atoms with Crippen LogP contribution in [-0.4, -0.2) is 54.1 Å². The second kappa shape index (κ2) is 7.18. The first-order chi connectivity index (χ1) is 10.8. The minimum absolute atomic E-state index is 0.290. The summed E-state index contributed by atoms with van der Waals surface area (Å²) in [6.07, 6.45) is 1.99. The molecular weight excluding hydrogens is 322 g/mol. The SMILES string of the molecule is COC(=O)c1ccc(N2CCC(OS(C)(=O)=O)CC2)c(OC)c1. The molecule has 0 amide bonds. The van der Waals surface area contributed by atoms with Crippen LogP contribution in [0.4, 0.5) is 5.69 Å². The van der Waals surface area contributed by atoms with E-state index in [2.05, 4.69) is 4.90 Å². The number of piperidine rings is 1. The third kappa shape index (κ3) is 4.59. The van der Waals surface area contributed by atoms with Gasteiger partial charge in [-0.1, -0.05) is 0 Å². The van der Waals surface area contributed by atoms with E-state index in [4.69, 9.17) is 13.7 Å². The van der Waals surface area contributed by atoms with Gasteiger partial charge in [0, 0.05) is 13.1 Å². The summed E-state index contributed by atoms with van der Waals surface area (Å²) in [6, 6.07) is 5.13. The summed E-state index contributed by atoms with van der Waals surface area (Å²) < 4.78 is 37.5. The smallest absolute Gasteiger partial charge is 0.337 e. The van der Waals surface area contributed by atoms with Gasteiger partial charge in [-0.05, 0) is 31.0 Å². The van der Waals surface area contributed by atoms with Crippen molar-refractivity contribution in [3.63, 3.8) is 0 Å². The summed E-state index contributed by atoms with van der Waals surface area (Å²) in [7, 11) is -0.562. The average Bonchev–Trinajstić information content (AvgIpc) is 2.53. The summed E-state index contributed by atoms with van der Waals surface area (Å²) in [5.74, 6) is 0.158. The lowest BCUT2D eigenvalue weighted by atomic mass is 10.1. The van der Waals surface area contributed by atoms with Gasteiger partial charge >= 0.3 is 5.97 Å². The molecule has 1 aromatic carbocycles. The maximum atomic E-state index is 11.6. The second-order valence-electron chi connectivity index (χ2n) is 5.36. The van der Waals surface area contributed by atoms with Gasteiger partial charge in [-0.2, -0.15) is 8.42 Å². The topological polar surface area (TPSA) is 82.1 Å². The van der Waals surface area contributed by atoms with Gasteiger partial charge < -0.3 is 14.4 Å². The third-order valence-corrected chi connectivity index (χ3v) is 4.32. The highest BCUT2D eigenvalue weighted by molar-refractivity contribution is 7.86. The van der Waals surface area contributed by atoms with E-state index in [1.807, 2.05) is 6.07 Å². The number of carbonyl (C=O) groups excluding carboxylic acids is 1. The van der Waals surface area contributed by atoms with Crippen molar-refractivity contribution in [2.24, 2.45) is 0 Å². The van der Waals surface area contributed by atoms with Crippen LogP contribution >= 0.6 is 0 Å². The highest BCUT2D eigenvalue weighted by Gasteiger charge is 2.25. The number of hydrogen-bond donors (Lipinski definition) is 0. The molecule has 0 spiro atoms. The van der Waals surface area contributed by atoms with E-state index >= 15 is 0 Å². The fourth-order valence-corrected chi connectivity index (χ4v) is 3.31. The molecule has 1 aliphatic heterocycles. The molecule has 1 aromatic rings. The Morgan fingerprint density at radius 2 is 1.87 bits per heavy atom. The van der Waals surface area contributed by atoms with Crippen molar-refractivity contribution in [1.82, 2.24) is 0 Å². The average molecular weight is 343 g/mol. The highest BCUT2D eigenvalue weighted by Crippen LogP contribution is 2.32. The van der Waals surface area contributed by atoms with Crippen molar-refractivity contribution < 1.29 is 26.9 Å². The van der Waals surface area contributed by atoms with E-state index in [-0.39, 0.29) is 6.10 Å². The Morgan fingerprint density at radius 1 is 1.22 bits per heavy atom. The first-order valence-electron chi connectivity index (χ1n) is 7.23. The number of ether oxygens (including phenoxy) is 2. The van der Waals surface area contributed by atoms with Crippen molar-refractivity contribution >= 4 is 21.8 Å². The fourth-order valence-electron chi connectivity index (χ4n) is 2.62. The van der Waals surface area contributed by atoms with Crippen LogP contribution in [0.2, 0.25) is 0 Å². The van der Waals surface area contributed by atoms with E-state index in [0.29, 0.717) is 37.2 Å². The highest BCUT2D eigenvalue weighted by atomic mass is 32.2. The molecule has 0 aromatic heterocycles. The van der Waals surface area contributed by atoms with Crippen LogP contribution in [-0.2, 0) is 19.0 Å². The number of hydrogen-bond acceptors (Lipinski definition) is 7. The molecule has 0 radical (unpaired) electrons. The molecule has 128 valence electrons. The van der Waals surface area contributed by atoms with Gasteiger partial charge in [-0.15, -0.1) is 0 Å². The fraction of sp³-hybridized carbons (Fsp3) is 0.533. The number of esters is 1. The van der Waals surface area contributed by atoms with Gasteiger partial charge in [-0.25, -0.2) is 4.79 Å². The van der Waals surface area contributed by atoms with Crippen molar-refractivity contribution in [2.45, 2.75) is 18.9 Å². The van der Waals surface area contributed by atoms with Crippen molar-refractivity contribution in [3.8, 4) is 5.75 Å². The zero-order valence-electron chi connectivity index (χ0n) is 13.4. The number of nitrogens with zero attached hydrogens (tertiary/aromatic N) is 1. The normalized spacial score (nSPS) is 16.2. The first kappa shape index (κ1) is 17.6. The van der Waals surface area contributed by atoms with E-state index in [1.165, 1.54) is 7.11 Å². The molecule has 1 aliphatic rings. The van der Waals surface area contributed by atoms with Gasteiger partial charge in [0.1, 0.15) is 5.75 Å². The predicted octanol–water partition coefficient (Wildman–Crippen LogP) is 1.43. The Morgan fingerprint density at radius 3 is 2.39 bits per heavy atom. The van der Waals surface area contributed by atoms with E-state index in [0.717, 1.165) is 11.9 Å². The lowest BCUT2D eigenvalue weighted by molar-refractivity contribution is 0.0600. The van der Waals surface area contributed by atoms with E-state index < -0.39 is 16.1 Å². The monoisotopic (exact) mass is 343 g/mol. The number of anilines is 1. The Labute approximate surface area is 136 Å². The van der Waals surface area contributed by atoms with Crippen LogP contribution in [0, 0.1) is 0 Å². The maximum absolute atomic E-state index is 11.6. The van der Waals surface area contributed by atoms with Crippen molar-refractivity contribution in [3.05, 3.63) is 23.8 Å². The molecule has 1 heterocycles. The van der Waals surface area contributed by atoms with Crippen molar-refractivity contribution in [1.29, 1.82) is 0 Å². The summed E-state index contributed by atoms with van der Waals surface area (Å²) >= 11 is 0. The van der Waals surface area contributed by atoms with Crippen LogP contribution in [0.3, 0.4) is 0 Å². The first-order valence-corrected chi connectivity index (χ1v) is 9.05. The Kier molecular flexibility index (Phi) is 5.48.